The molecule has 2 heterocycles. The number of carbonyl (C=O) groups is 1. The van der Waals surface area contributed by atoms with Gasteiger partial charge in [-0.1, -0.05) is 0 Å². The molecule has 0 bridgehead atoms. The topological polar surface area (TPSA) is 65.5 Å². The summed E-state index contributed by atoms with van der Waals surface area (Å²) in [7, 11) is 1.77. The van der Waals surface area contributed by atoms with Crippen molar-refractivity contribution >= 4 is 11.7 Å². The molecule has 1 aliphatic rings. The second-order valence-corrected chi connectivity index (χ2v) is 4.23. The number of amides is 1. The molecule has 1 fully saturated rings. The Morgan fingerprint density at radius 3 is 3.18 bits per heavy atom. The van der Waals surface area contributed by atoms with Crippen molar-refractivity contribution in [2.45, 2.75) is 18.9 Å². The summed E-state index contributed by atoms with van der Waals surface area (Å²) in [5.74, 6) is 0.635. The molecule has 1 aliphatic heterocycles. The molecule has 0 aliphatic carbocycles. The molecule has 0 radical (unpaired) electrons. The predicted molar refractivity (Wildman–Crippen MR) is 64.9 cm³/mol. The number of nitrogens with one attached hydrogen (secondary N) is 1. The maximum atomic E-state index is 12.2. The number of likely N-dealkylation sites (tertiary alicyclic amines) is 1. The minimum Gasteiger partial charge on any atom is -0.391 e. The number of aliphatic hydroxyl groups excluding tert-OH is 1. The van der Waals surface area contributed by atoms with Gasteiger partial charge in [0.2, 0.25) is 0 Å². The van der Waals surface area contributed by atoms with Crippen LogP contribution in [0.2, 0.25) is 0 Å². The molecule has 1 saturated heterocycles. The molecule has 1 atom stereocenters. The molecule has 0 spiro atoms. The number of hydrogen-bond donors (Lipinski definition) is 2. The number of rotatable bonds is 2. The fraction of sp³-hybridized carbons (Fsp3) is 0.500. The summed E-state index contributed by atoms with van der Waals surface area (Å²) in [6.07, 6.45) is 2.86. The SMILES string of the molecule is CNc1cc(C(=O)N2CCCC(O)C2)ccn1. The van der Waals surface area contributed by atoms with Crippen LogP contribution in [0.5, 0.6) is 0 Å². The number of β-amino-alcohol motifs (C(OH)–C–C–N with tert-alkyl or cyclic N) is 1. The van der Waals surface area contributed by atoms with Crippen molar-refractivity contribution in [1.29, 1.82) is 0 Å². The van der Waals surface area contributed by atoms with Gasteiger partial charge >= 0.3 is 0 Å². The van der Waals surface area contributed by atoms with Crippen LogP contribution in [0.1, 0.15) is 23.2 Å². The van der Waals surface area contributed by atoms with Gasteiger partial charge in [-0.15, -0.1) is 0 Å². The van der Waals surface area contributed by atoms with Crippen molar-refractivity contribution < 1.29 is 9.90 Å². The standard InChI is InChI=1S/C12H17N3O2/c1-13-11-7-9(4-5-14-11)12(17)15-6-2-3-10(16)8-15/h4-5,7,10,16H,2-3,6,8H2,1H3,(H,13,14). The highest BCUT2D eigenvalue weighted by Gasteiger charge is 2.23. The van der Waals surface area contributed by atoms with E-state index in [0.717, 1.165) is 12.8 Å². The van der Waals surface area contributed by atoms with E-state index in [-0.39, 0.29) is 5.91 Å². The monoisotopic (exact) mass is 235 g/mol. The van der Waals surface area contributed by atoms with Crippen LogP contribution in [-0.4, -0.2) is 47.1 Å². The Kier molecular flexibility index (Phi) is 3.58. The van der Waals surface area contributed by atoms with E-state index in [9.17, 15) is 9.90 Å². The van der Waals surface area contributed by atoms with Crippen LogP contribution in [0.25, 0.3) is 0 Å². The average molecular weight is 235 g/mol. The van der Waals surface area contributed by atoms with Crippen LogP contribution in [0.15, 0.2) is 18.3 Å². The van der Waals surface area contributed by atoms with Crippen LogP contribution in [0, 0.1) is 0 Å². The summed E-state index contributed by atoms with van der Waals surface area (Å²) < 4.78 is 0. The average Bonchev–Trinajstić information content (AvgIpc) is 2.38. The molecule has 5 nitrogen and oxygen atoms in total. The molecule has 2 N–H and O–H groups in total. The Morgan fingerprint density at radius 1 is 1.65 bits per heavy atom. The summed E-state index contributed by atoms with van der Waals surface area (Å²) in [4.78, 5) is 17.9. The fourth-order valence-corrected chi connectivity index (χ4v) is 2.02. The van der Waals surface area contributed by atoms with E-state index >= 15 is 0 Å². The van der Waals surface area contributed by atoms with Gasteiger partial charge in [0.05, 0.1) is 6.10 Å². The minimum absolute atomic E-state index is 0.0392. The lowest BCUT2D eigenvalue weighted by Gasteiger charge is -2.30. The Labute approximate surface area is 100 Å². The van der Waals surface area contributed by atoms with Crippen LogP contribution >= 0.6 is 0 Å². The van der Waals surface area contributed by atoms with Gasteiger partial charge in [0.1, 0.15) is 5.82 Å². The van der Waals surface area contributed by atoms with E-state index in [4.69, 9.17) is 0 Å². The Morgan fingerprint density at radius 2 is 2.47 bits per heavy atom. The molecule has 1 aromatic heterocycles. The van der Waals surface area contributed by atoms with Gasteiger partial charge in [0.25, 0.3) is 5.91 Å². The van der Waals surface area contributed by atoms with Gasteiger partial charge in [-0.05, 0) is 25.0 Å². The van der Waals surface area contributed by atoms with E-state index in [1.54, 1.807) is 30.3 Å². The molecule has 1 amide bonds. The lowest BCUT2D eigenvalue weighted by atomic mass is 10.1. The van der Waals surface area contributed by atoms with Crippen LogP contribution < -0.4 is 5.32 Å². The summed E-state index contributed by atoms with van der Waals surface area (Å²) in [5.41, 5.74) is 0.610. The van der Waals surface area contributed by atoms with E-state index in [2.05, 4.69) is 10.3 Å². The molecular weight excluding hydrogens is 218 g/mol. The number of hydrogen-bond acceptors (Lipinski definition) is 4. The molecule has 2 rings (SSSR count). The first-order chi connectivity index (χ1) is 8.20. The number of piperidine rings is 1. The number of anilines is 1. The smallest absolute Gasteiger partial charge is 0.254 e. The van der Waals surface area contributed by atoms with E-state index < -0.39 is 6.10 Å². The molecule has 17 heavy (non-hydrogen) atoms. The van der Waals surface area contributed by atoms with Gasteiger partial charge in [-0.25, -0.2) is 4.98 Å². The zero-order valence-electron chi connectivity index (χ0n) is 9.89. The molecule has 92 valence electrons. The van der Waals surface area contributed by atoms with E-state index in [1.807, 2.05) is 0 Å². The summed E-state index contributed by atoms with van der Waals surface area (Å²) in [6.45, 7) is 1.14. The number of pyridine rings is 1. The Hall–Kier alpha value is -1.62. The zero-order chi connectivity index (χ0) is 12.3. The normalized spacial score (nSPS) is 20.1. The highest BCUT2D eigenvalue weighted by atomic mass is 16.3. The maximum absolute atomic E-state index is 12.2. The quantitative estimate of drug-likeness (QED) is 0.792. The van der Waals surface area contributed by atoms with Crippen molar-refractivity contribution in [2.75, 3.05) is 25.5 Å². The highest BCUT2D eigenvalue weighted by molar-refractivity contribution is 5.94. The summed E-state index contributed by atoms with van der Waals surface area (Å²) in [5, 5.41) is 12.5. The number of carbonyl (C=O) groups excluding carboxylic acids is 1. The third kappa shape index (κ3) is 2.74. The first-order valence-corrected chi connectivity index (χ1v) is 5.82. The molecule has 1 unspecified atom stereocenters. The molecule has 0 saturated carbocycles. The van der Waals surface area contributed by atoms with E-state index in [0.29, 0.717) is 24.5 Å². The predicted octanol–water partition coefficient (Wildman–Crippen LogP) is 0.720. The second-order valence-electron chi connectivity index (χ2n) is 4.23. The van der Waals surface area contributed by atoms with Gasteiger partial charge in [-0.2, -0.15) is 0 Å². The summed E-state index contributed by atoms with van der Waals surface area (Å²) in [6, 6.07) is 3.42. The van der Waals surface area contributed by atoms with E-state index in [1.165, 1.54) is 0 Å². The first kappa shape index (κ1) is 11.9. The Bertz CT molecular complexity index is 408. The molecular formula is C12H17N3O2. The number of aromatic nitrogens is 1. The third-order valence-electron chi connectivity index (χ3n) is 2.95. The lowest BCUT2D eigenvalue weighted by Crippen LogP contribution is -2.42. The molecule has 5 heteroatoms. The Balaban J connectivity index is 2.12. The van der Waals surface area contributed by atoms with Crippen LogP contribution in [-0.2, 0) is 0 Å². The van der Waals surface area contributed by atoms with Crippen LogP contribution in [0.4, 0.5) is 5.82 Å². The third-order valence-corrected chi connectivity index (χ3v) is 2.95. The zero-order valence-corrected chi connectivity index (χ0v) is 9.89. The van der Waals surface area contributed by atoms with Crippen molar-refractivity contribution in [3.05, 3.63) is 23.9 Å². The lowest BCUT2D eigenvalue weighted by molar-refractivity contribution is 0.0473. The van der Waals surface area contributed by atoms with Gasteiger partial charge < -0.3 is 15.3 Å². The first-order valence-electron chi connectivity index (χ1n) is 5.82. The van der Waals surface area contributed by atoms with Crippen molar-refractivity contribution in [3.8, 4) is 0 Å². The minimum atomic E-state index is -0.390. The summed E-state index contributed by atoms with van der Waals surface area (Å²) >= 11 is 0. The van der Waals surface area contributed by atoms with Crippen molar-refractivity contribution in [2.24, 2.45) is 0 Å². The molecule has 1 aromatic rings. The maximum Gasteiger partial charge on any atom is 0.254 e. The molecule has 0 aromatic carbocycles. The highest BCUT2D eigenvalue weighted by Crippen LogP contribution is 2.15. The number of nitrogens with zero attached hydrogens (tertiary/aromatic N) is 2. The van der Waals surface area contributed by atoms with Crippen LogP contribution in [0.3, 0.4) is 0 Å². The van der Waals surface area contributed by atoms with Gasteiger partial charge in [-0.3, -0.25) is 4.79 Å². The van der Waals surface area contributed by atoms with Crippen molar-refractivity contribution in [3.63, 3.8) is 0 Å². The largest absolute Gasteiger partial charge is 0.391 e. The fourth-order valence-electron chi connectivity index (χ4n) is 2.02. The number of aliphatic hydroxyl groups is 1. The van der Waals surface area contributed by atoms with Gasteiger partial charge in [0, 0.05) is 31.9 Å². The van der Waals surface area contributed by atoms with Crippen molar-refractivity contribution in [1.82, 2.24) is 9.88 Å². The second kappa shape index (κ2) is 5.14. The van der Waals surface area contributed by atoms with Gasteiger partial charge in [0.15, 0.2) is 0 Å².